The highest BCUT2D eigenvalue weighted by Crippen LogP contribution is 2.28. The van der Waals surface area contributed by atoms with Crippen molar-refractivity contribution in [3.63, 3.8) is 0 Å². The van der Waals surface area contributed by atoms with Gasteiger partial charge in [-0.15, -0.1) is 5.10 Å². The van der Waals surface area contributed by atoms with Crippen LogP contribution >= 0.6 is 0 Å². The Bertz CT molecular complexity index is 582. The minimum Gasteiger partial charge on any atom is -0.376 e. The summed E-state index contributed by atoms with van der Waals surface area (Å²) in [6.07, 6.45) is 0.729. The maximum Gasteiger partial charge on any atom is 0.453 e. The van der Waals surface area contributed by atoms with E-state index in [0.717, 1.165) is 25.7 Å². The van der Waals surface area contributed by atoms with Gasteiger partial charge < -0.3 is 15.0 Å². The maximum absolute atomic E-state index is 12.5. The molecule has 2 heterocycles. The molecule has 2 N–H and O–H groups in total. The van der Waals surface area contributed by atoms with Crippen LogP contribution in [0.2, 0.25) is 0 Å². The zero-order chi connectivity index (χ0) is 17.9. The molecule has 0 aromatic carbocycles. The van der Waals surface area contributed by atoms with Crippen LogP contribution in [0.1, 0.15) is 43.8 Å². The summed E-state index contributed by atoms with van der Waals surface area (Å²) in [5.74, 6) is -0.766. The van der Waals surface area contributed by atoms with Crippen molar-refractivity contribution in [1.82, 2.24) is 25.4 Å². The highest BCUT2D eigenvalue weighted by Gasteiger charge is 2.36. The van der Waals surface area contributed by atoms with Gasteiger partial charge in [0.15, 0.2) is 0 Å². The fraction of sp³-hybridized carbons (Fsp3) is 0.800. The summed E-state index contributed by atoms with van der Waals surface area (Å²) in [5.41, 5.74) is 0. The van der Waals surface area contributed by atoms with Crippen molar-refractivity contribution in [2.75, 3.05) is 19.7 Å². The Morgan fingerprint density at radius 1 is 1.28 bits per heavy atom. The number of nitrogens with one attached hydrogen (secondary N) is 2. The molecule has 0 spiro atoms. The fourth-order valence-corrected chi connectivity index (χ4v) is 3.03. The molecule has 140 valence electrons. The van der Waals surface area contributed by atoms with Gasteiger partial charge in [-0.05, 0) is 31.6 Å². The zero-order valence-electron chi connectivity index (χ0n) is 13.8. The van der Waals surface area contributed by atoms with Gasteiger partial charge in [0.25, 0.3) is 5.82 Å². The highest BCUT2D eigenvalue weighted by atomic mass is 19.4. The Morgan fingerprint density at radius 2 is 2.08 bits per heavy atom. The molecule has 1 aromatic rings. The molecule has 25 heavy (non-hydrogen) atoms. The monoisotopic (exact) mass is 361 g/mol. The van der Waals surface area contributed by atoms with Gasteiger partial charge in [-0.25, -0.2) is 9.78 Å². The lowest BCUT2D eigenvalue weighted by molar-refractivity contribution is -0.144. The smallest absolute Gasteiger partial charge is 0.376 e. The molecule has 10 heteroatoms. The molecule has 2 fully saturated rings. The number of urea groups is 1. The summed E-state index contributed by atoms with van der Waals surface area (Å²) >= 11 is 0. The average Bonchev–Trinajstić information content (AvgIpc) is 3.17. The number of rotatable bonds is 6. The van der Waals surface area contributed by atoms with Crippen molar-refractivity contribution in [2.45, 2.75) is 50.9 Å². The van der Waals surface area contributed by atoms with E-state index in [-0.39, 0.29) is 24.5 Å². The molecular weight excluding hydrogens is 339 g/mol. The molecule has 1 aromatic heterocycles. The minimum absolute atomic E-state index is 0.0265. The van der Waals surface area contributed by atoms with Crippen molar-refractivity contribution in [3.05, 3.63) is 11.6 Å². The third-order valence-corrected chi connectivity index (χ3v) is 4.63. The second-order valence-electron chi connectivity index (χ2n) is 6.60. The third-order valence-electron chi connectivity index (χ3n) is 4.63. The highest BCUT2D eigenvalue weighted by molar-refractivity contribution is 5.74. The third kappa shape index (κ3) is 4.83. The van der Waals surface area contributed by atoms with Crippen LogP contribution in [0.25, 0.3) is 0 Å². The Morgan fingerprint density at radius 3 is 2.64 bits per heavy atom. The summed E-state index contributed by atoms with van der Waals surface area (Å²) in [5, 5.41) is 7.94. The van der Waals surface area contributed by atoms with Crippen molar-refractivity contribution < 1.29 is 22.7 Å². The molecule has 0 radical (unpaired) electrons. The average molecular weight is 361 g/mol. The van der Waals surface area contributed by atoms with E-state index >= 15 is 0 Å². The number of carbonyl (C=O) groups excluding carboxylic acids is 1. The van der Waals surface area contributed by atoms with Crippen LogP contribution in [0.3, 0.4) is 0 Å². The summed E-state index contributed by atoms with van der Waals surface area (Å²) in [7, 11) is 0. The lowest BCUT2D eigenvalue weighted by Crippen LogP contribution is -2.46. The standard InChI is InChI=1S/C15H22F3N5O2/c16-15(17,18)13-20-12(21-22-13)7-19-14(24)23(8-10-3-1-4-10)9-11-5-2-6-25-11/h10-11H,1-9H2,(H,19,24)(H,20,21,22)/t11-/m0/s1. The second-order valence-corrected chi connectivity index (χ2v) is 6.60. The molecule has 7 nitrogen and oxygen atoms in total. The summed E-state index contributed by atoms with van der Waals surface area (Å²) in [6.45, 7) is 1.74. The van der Waals surface area contributed by atoms with E-state index in [1.165, 1.54) is 6.42 Å². The molecular formula is C15H22F3N5O2. The number of aromatic nitrogens is 3. The van der Waals surface area contributed by atoms with Gasteiger partial charge in [-0.3, -0.25) is 5.10 Å². The number of halogens is 3. The van der Waals surface area contributed by atoms with Gasteiger partial charge in [-0.2, -0.15) is 13.2 Å². The predicted molar refractivity (Wildman–Crippen MR) is 81.5 cm³/mol. The van der Waals surface area contributed by atoms with Crippen LogP contribution in [0, 0.1) is 5.92 Å². The first-order chi connectivity index (χ1) is 11.9. The minimum atomic E-state index is -4.60. The number of aromatic amines is 1. The number of carbonyl (C=O) groups is 1. The second kappa shape index (κ2) is 7.59. The Hall–Kier alpha value is -1.84. The molecule has 3 rings (SSSR count). The van der Waals surface area contributed by atoms with Crippen molar-refractivity contribution in [2.24, 2.45) is 5.92 Å². The number of H-pyrrole nitrogens is 1. The molecule has 1 atom stereocenters. The van der Waals surface area contributed by atoms with Gasteiger partial charge >= 0.3 is 12.2 Å². The van der Waals surface area contributed by atoms with E-state index in [4.69, 9.17) is 4.74 Å². The van der Waals surface area contributed by atoms with E-state index in [0.29, 0.717) is 25.6 Å². The molecule has 1 saturated carbocycles. The predicted octanol–water partition coefficient (Wildman–Crippen LogP) is 2.31. The maximum atomic E-state index is 12.5. The zero-order valence-corrected chi connectivity index (χ0v) is 13.8. The van der Waals surface area contributed by atoms with E-state index in [1.54, 1.807) is 4.90 Å². The Labute approximate surface area is 143 Å². The number of alkyl halides is 3. The summed E-state index contributed by atoms with van der Waals surface area (Å²) in [6, 6.07) is -0.313. The van der Waals surface area contributed by atoms with Gasteiger partial charge in [0, 0.05) is 19.7 Å². The van der Waals surface area contributed by atoms with Crippen LogP contribution in [0.15, 0.2) is 0 Å². The number of nitrogens with zero attached hydrogens (tertiary/aromatic N) is 3. The SMILES string of the molecule is O=C(NCc1nc(C(F)(F)F)n[nH]1)N(CC1CCC1)C[C@@H]1CCCO1. The van der Waals surface area contributed by atoms with E-state index in [1.807, 2.05) is 0 Å². The lowest BCUT2D eigenvalue weighted by Gasteiger charge is -2.33. The molecule has 0 bridgehead atoms. The van der Waals surface area contributed by atoms with E-state index in [9.17, 15) is 18.0 Å². The lowest BCUT2D eigenvalue weighted by atomic mass is 9.85. The van der Waals surface area contributed by atoms with Crippen LogP contribution in [0.5, 0.6) is 0 Å². The normalized spacial score (nSPS) is 21.2. The number of ether oxygens (including phenoxy) is 1. The van der Waals surface area contributed by atoms with Crippen molar-refractivity contribution in [3.8, 4) is 0 Å². The quantitative estimate of drug-likeness (QED) is 0.815. The van der Waals surface area contributed by atoms with E-state index in [2.05, 4.69) is 20.5 Å². The Balaban J connectivity index is 1.54. The van der Waals surface area contributed by atoms with Gasteiger partial charge in [0.05, 0.1) is 12.6 Å². The first kappa shape index (κ1) is 18.0. The first-order valence-corrected chi connectivity index (χ1v) is 8.54. The van der Waals surface area contributed by atoms with Crippen LogP contribution < -0.4 is 5.32 Å². The molecule has 2 amide bonds. The molecule has 0 unspecified atom stereocenters. The van der Waals surface area contributed by atoms with Crippen molar-refractivity contribution >= 4 is 6.03 Å². The Kier molecular flexibility index (Phi) is 5.45. The van der Waals surface area contributed by atoms with Crippen molar-refractivity contribution in [1.29, 1.82) is 0 Å². The van der Waals surface area contributed by atoms with Crippen LogP contribution in [-0.4, -0.2) is 51.9 Å². The van der Waals surface area contributed by atoms with Crippen LogP contribution in [0.4, 0.5) is 18.0 Å². The molecule has 1 aliphatic carbocycles. The van der Waals surface area contributed by atoms with Gasteiger partial charge in [0.2, 0.25) is 0 Å². The molecule has 1 aliphatic heterocycles. The van der Waals surface area contributed by atoms with Crippen LogP contribution in [-0.2, 0) is 17.5 Å². The summed E-state index contributed by atoms with van der Waals surface area (Å²) < 4.78 is 43.1. The summed E-state index contributed by atoms with van der Waals surface area (Å²) in [4.78, 5) is 17.5. The largest absolute Gasteiger partial charge is 0.453 e. The molecule has 1 saturated heterocycles. The van der Waals surface area contributed by atoms with Gasteiger partial charge in [-0.1, -0.05) is 6.42 Å². The topological polar surface area (TPSA) is 83.1 Å². The number of hydrogen-bond donors (Lipinski definition) is 2. The number of amides is 2. The number of hydrogen-bond acceptors (Lipinski definition) is 4. The van der Waals surface area contributed by atoms with Gasteiger partial charge in [0.1, 0.15) is 5.82 Å². The first-order valence-electron chi connectivity index (χ1n) is 8.54. The molecule has 2 aliphatic rings. The fourth-order valence-electron chi connectivity index (χ4n) is 3.03. The van der Waals surface area contributed by atoms with E-state index < -0.39 is 12.0 Å².